The molecular weight excluding hydrogens is 362 g/mol. The zero-order valence-corrected chi connectivity index (χ0v) is 13.6. The zero-order valence-electron chi connectivity index (χ0n) is 11.9. The predicted molar refractivity (Wildman–Crippen MR) is 82.0 cm³/mol. The second kappa shape index (κ2) is 6.67. The van der Waals surface area contributed by atoms with Crippen molar-refractivity contribution in [3.8, 4) is 0 Å². The lowest BCUT2D eigenvalue weighted by Gasteiger charge is -2.03. The number of nitro groups is 1. The number of benzene rings is 1. The maximum absolute atomic E-state index is 12.0. The monoisotopic (exact) mass is 371 g/mol. The number of amides is 2. The van der Waals surface area contributed by atoms with Crippen LogP contribution in [-0.2, 0) is 14.8 Å². The van der Waals surface area contributed by atoms with Gasteiger partial charge in [-0.1, -0.05) is 11.3 Å². The smallest absolute Gasteiger partial charge is 0.293 e. The van der Waals surface area contributed by atoms with Crippen molar-refractivity contribution in [2.45, 2.75) is 11.3 Å². The quantitative estimate of drug-likeness (QED) is 0.437. The van der Waals surface area contributed by atoms with E-state index < -0.39 is 31.1 Å². The van der Waals surface area contributed by atoms with Gasteiger partial charge in [-0.2, -0.15) is 8.42 Å². The van der Waals surface area contributed by atoms with Gasteiger partial charge in [0.25, 0.3) is 26.0 Å². The van der Waals surface area contributed by atoms with Gasteiger partial charge in [0.2, 0.25) is 11.0 Å². The summed E-state index contributed by atoms with van der Waals surface area (Å²) in [4.78, 5) is 32.7. The minimum atomic E-state index is -4.29. The average molecular weight is 371 g/mol. The van der Waals surface area contributed by atoms with Gasteiger partial charge >= 0.3 is 0 Å². The second-order valence-corrected chi connectivity index (χ2v) is 7.13. The number of hydrogen-bond acceptors (Lipinski definition) is 9. The predicted octanol–water partition coefficient (Wildman–Crippen LogP) is 0.523. The number of aromatic nitrogens is 2. The summed E-state index contributed by atoms with van der Waals surface area (Å²) in [5.74, 6) is -1.44. The van der Waals surface area contributed by atoms with Crippen LogP contribution < -0.4 is 10.0 Å². The number of rotatable bonds is 5. The van der Waals surface area contributed by atoms with Crippen LogP contribution in [0.15, 0.2) is 28.6 Å². The molecule has 0 atom stereocenters. The summed E-state index contributed by atoms with van der Waals surface area (Å²) < 4.78 is 25.3. The van der Waals surface area contributed by atoms with E-state index in [1.54, 1.807) is 4.72 Å². The molecular formula is C11H9N5O6S2. The maximum Gasteiger partial charge on any atom is 0.293 e. The fraction of sp³-hybridized carbons (Fsp3) is 0.0909. The topological polar surface area (TPSA) is 161 Å². The molecule has 1 aromatic heterocycles. The van der Waals surface area contributed by atoms with Gasteiger partial charge in [-0.15, -0.1) is 10.2 Å². The maximum atomic E-state index is 12.0. The van der Waals surface area contributed by atoms with Crippen LogP contribution in [0.5, 0.6) is 0 Å². The molecule has 24 heavy (non-hydrogen) atoms. The molecule has 0 aliphatic heterocycles. The average Bonchev–Trinajstić information content (AvgIpc) is 2.95. The van der Waals surface area contributed by atoms with Gasteiger partial charge < -0.3 is 5.32 Å². The first-order valence-electron chi connectivity index (χ1n) is 6.12. The summed E-state index contributed by atoms with van der Waals surface area (Å²) in [6.07, 6.45) is 0. The highest BCUT2D eigenvalue weighted by Crippen LogP contribution is 2.20. The standard InChI is InChI=1S/C11H9N5O6S2/c1-6(17)12-10-13-14-11(23-10)24(21,22)15-9(18)7-2-4-8(5-3-7)16(19)20/h2-5H,1H3,(H,15,18)(H,12,13,17). The summed E-state index contributed by atoms with van der Waals surface area (Å²) in [7, 11) is -4.29. The molecule has 0 saturated carbocycles. The van der Waals surface area contributed by atoms with Crippen molar-refractivity contribution in [2.24, 2.45) is 0 Å². The molecule has 2 aromatic rings. The van der Waals surface area contributed by atoms with E-state index in [2.05, 4.69) is 15.5 Å². The number of hydrogen-bond donors (Lipinski definition) is 2. The van der Waals surface area contributed by atoms with E-state index in [4.69, 9.17) is 0 Å². The van der Waals surface area contributed by atoms with E-state index in [1.165, 1.54) is 6.92 Å². The Morgan fingerprint density at radius 1 is 1.21 bits per heavy atom. The Hall–Kier alpha value is -2.93. The van der Waals surface area contributed by atoms with Crippen LogP contribution in [0.4, 0.5) is 10.8 Å². The van der Waals surface area contributed by atoms with Crippen molar-refractivity contribution in [3.05, 3.63) is 39.9 Å². The van der Waals surface area contributed by atoms with E-state index >= 15 is 0 Å². The fourth-order valence-corrected chi connectivity index (χ4v) is 3.40. The molecule has 13 heteroatoms. The Kier molecular flexibility index (Phi) is 4.85. The Bertz CT molecular complexity index is 905. The van der Waals surface area contributed by atoms with Crippen LogP contribution in [0, 0.1) is 10.1 Å². The first-order chi connectivity index (χ1) is 11.2. The molecule has 2 N–H and O–H groups in total. The molecule has 2 rings (SSSR count). The van der Waals surface area contributed by atoms with Gasteiger partial charge in [0.05, 0.1) is 4.92 Å². The number of carbonyl (C=O) groups is 2. The first kappa shape index (κ1) is 17.4. The largest absolute Gasteiger partial charge is 0.301 e. The van der Waals surface area contributed by atoms with Crippen LogP contribution in [0.25, 0.3) is 0 Å². The van der Waals surface area contributed by atoms with Gasteiger partial charge in [0.1, 0.15) is 0 Å². The third kappa shape index (κ3) is 4.08. The SMILES string of the molecule is CC(=O)Nc1nnc(S(=O)(=O)NC(=O)c2ccc([N+](=O)[O-])cc2)s1. The van der Waals surface area contributed by atoms with Gasteiger partial charge in [-0.25, -0.2) is 4.72 Å². The molecule has 0 fully saturated rings. The van der Waals surface area contributed by atoms with Gasteiger partial charge in [-0.05, 0) is 12.1 Å². The highest BCUT2D eigenvalue weighted by molar-refractivity contribution is 7.92. The lowest BCUT2D eigenvalue weighted by atomic mass is 10.2. The molecule has 2 amide bonds. The summed E-state index contributed by atoms with van der Waals surface area (Å²) in [5.41, 5.74) is -0.325. The molecule has 1 aromatic carbocycles. The molecule has 0 aliphatic rings. The third-order valence-electron chi connectivity index (χ3n) is 2.49. The number of nitro benzene ring substituents is 1. The molecule has 0 unspecified atom stereocenters. The molecule has 11 nitrogen and oxygen atoms in total. The minimum absolute atomic E-state index is 0.0364. The third-order valence-corrected chi connectivity index (χ3v) is 5.02. The van der Waals surface area contributed by atoms with Crippen LogP contribution >= 0.6 is 11.3 Å². The number of sulfonamides is 1. The van der Waals surface area contributed by atoms with E-state index in [0.717, 1.165) is 24.3 Å². The van der Waals surface area contributed by atoms with Crippen LogP contribution in [-0.4, -0.2) is 35.4 Å². The van der Waals surface area contributed by atoms with E-state index in [-0.39, 0.29) is 16.4 Å². The second-order valence-electron chi connectivity index (χ2n) is 4.29. The van der Waals surface area contributed by atoms with Crippen LogP contribution in [0.2, 0.25) is 0 Å². The van der Waals surface area contributed by atoms with Gasteiger partial charge in [0.15, 0.2) is 0 Å². The van der Waals surface area contributed by atoms with Gasteiger partial charge in [0, 0.05) is 24.6 Å². The summed E-state index contributed by atoms with van der Waals surface area (Å²) >= 11 is 0.566. The highest BCUT2D eigenvalue weighted by atomic mass is 32.2. The number of carbonyl (C=O) groups excluding carboxylic acids is 2. The number of nitrogens with one attached hydrogen (secondary N) is 2. The lowest BCUT2D eigenvalue weighted by Crippen LogP contribution is -2.30. The van der Waals surface area contributed by atoms with Crippen molar-refractivity contribution in [1.29, 1.82) is 0 Å². The van der Waals surface area contributed by atoms with Crippen molar-refractivity contribution in [3.63, 3.8) is 0 Å². The molecule has 1 heterocycles. The van der Waals surface area contributed by atoms with E-state index in [9.17, 15) is 28.1 Å². The Balaban J connectivity index is 2.16. The normalized spacial score (nSPS) is 10.9. The molecule has 0 saturated heterocycles. The fourth-order valence-electron chi connectivity index (χ4n) is 1.48. The van der Waals surface area contributed by atoms with Crippen molar-refractivity contribution in [1.82, 2.24) is 14.9 Å². The minimum Gasteiger partial charge on any atom is -0.301 e. The molecule has 0 radical (unpaired) electrons. The van der Waals surface area contributed by atoms with E-state index in [1.807, 2.05) is 0 Å². The summed E-state index contributed by atoms with van der Waals surface area (Å²) in [5, 5.41) is 19.6. The van der Waals surface area contributed by atoms with Gasteiger partial charge in [-0.3, -0.25) is 19.7 Å². The van der Waals surface area contributed by atoms with Crippen molar-refractivity contribution >= 4 is 44.0 Å². The van der Waals surface area contributed by atoms with E-state index in [0.29, 0.717) is 11.3 Å². The number of non-ortho nitro benzene ring substituents is 1. The Morgan fingerprint density at radius 3 is 2.38 bits per heavy atom. The first-order valence-corrected chi connectivity index (χ1v) is 8.42. The number of nitrogens with zero attached hydrogens (tertiary/aromatic N) is 3. The zero-order chi connectivity index (χ0) is 17.9. The van der Waals surface area contributed by atoms with Crippen molar-refractivity contribution < 1.29 is 22.9 Å². The van der Waals surface area contributed by atoms with Crippen LogP contribution in [0.3, 0.4) is 0 Å². The van der Waals surface area contributed by atoms with Crippen molar-refractivity contribution in [2.75, 3.05) is 5.32 Å². The summed E-state index contributed by atoms with van der Waals surface area (Å²) in [6.45, 7) is 1.21. The number of anilines is 1. The molecule has 126 valence electrons. The molecule has 0 bridgehead atoms. The Morgan fingerprint density at radius 2 is 1.83 bits per heavy atom. The highest BCUT2D eigenvalue weighted by Gasteiger charge is 2.24. The Labute approximate surface area is 138 Å². The van der Waals surface area contributed by atoms with Crippen LogP contribution in [0.1, 0.15) is 17.3 Å². The molecule has 0 spiro atoms. The summed E-state index contributed by atoms with van der Waals surface area (Å²) in [6, 6.07) is 4.38. The molecule has 0 aliphatic carbocycles. The lowest BCUT2D eigenvalue weighted by molar-refractivity contribution is -0.384.